The van der Waals surface area contributed by atoms with Gasteiger partial charge >= 0.3 is 6.18 Å². The van der Waals surface area contributed by atoms with Crippen LogP contribution in [0.2, 0.25) is 0 Å². The second kappa shape index (κ2) is 6.12. The molecule has 0 aromatic heterocycles. The van der Waals surface area contributed by atoms with Crippen LogP contribution in [-0.2, 0) is 27.0 Å². The van der Waals surface area contributed by atoms with E-state index in [4.69, 9.17) is 0 Å². The Labute approximate surface area is 106 Å². The van der Waals surface area contributed by atoms with Crippen molar-refractivity contribution in [3.63, 3.8) is 0 Å². The van der Waals surface area contributed by atoms with E-state index in [0.717, 1.165) is 6.07 Å². The number of hydrogen-bond donors (Lipinski definition) is 0. The first-order chi connectivity index (χ1) is 8.88. The summed E-state index contributed by atoms with van der Waals surface area (Å²) in [5.41, 5.74) is -1.08. The van der Waals surface area contributed by atoms with Gasteiger partial charge in [-0.1, -0.05) is 18.2 Å². The molecule has 7 heteroatoms. The Morgan fingerprint density at radius 2 is 1.74 bits per heavy atom. The summed E-state index contributed by atoms with van der Waals surface area (Å²) in [6.45, 7) is -0.542. The topological polar surface area (TPSA) is 54.5 Å². The fraction of sp³-hybridized carbons (Fsp3) is 0.250. The lowest BCUT2D eigenvalue weighted by molar-refractivity contribution is -0.139. The van der Waals surface area contributed by atoms with E-state index in [1.807, 2.05) is 0 Å². The largest absolute Gasteiger partial charge is 0.416 e. The van der Waals surface area contributed by atoms with E-state index < -0.39 is 30.5 Å². The number of ketones is 1. The van der Waals surface area contributed by atoms with E-state index in [1.54, 1.807) is 0 Å². The molecule has 0 atom stereocenters. The molecule has 4 nitrogen and oxygen atoms in total. The number of benzene rings is 1. The van der Waals surface area contributed by atoms with E-state index in [0.29, 0.717) is 4.90 Å². The van der Waals surface area contributed by atoms with Crippen LogP contribution < -0.4 is 0 Å². The second-order valence-electron chi connectivity index (χ2n) is 3.75. The lowest BCUT2D eigenvalue weighted by Crippen LogP contribution is -2.28. The molecule has 0 bridgehead atoms. The number of carbonyl (C=O) groups is 3. The Kier molecular flexibility index (Phi) is 4.80. The van der Waals surface area contributed by atoms with Crippen molar-refractivity contribution in [2.75, 3.05) is 6.54 Å². The lowest BCUT2D eigenvalue weighted by Gasteiger charge is -2.13. The molecule has 2 amide bonds. The zero-order valence-electron chi connectivity index (χ0n) is 9.68. The van der Waals surface area contributed by atoms with Gasteiger partial charge < -0.3 is 0 Å². The van der Waals surface area contributed by atoms with Crippen LogP contribution in [0.3, 0.4) is 0 Å². The number of alkyl halides is 3. The highest BCUT2D eigenvalue weighted by Crippen LogP contribution is 2.32. The summed E-state index contributed by atoms with van der Waals surface area (Å²) in [6, 6.07) is 4.67. The average molecular weight is 273 g/mol. The molecule has 0 radical (unpaired) electrons. The van der Waals surface area contributed by atoms with Crippen LogP contribution in [-0.4, -0.2) is 30.0 Å². The first kappa shape index (κ1) is 14.9. The summed E-state index contributed by atoms with van der Waals surface area (Å²) in [5.74, 6) is -0.657. The third kappa shape index (κ3) is 4.20. The molecular formula is C12H10F3NO3. The fourth-order valence-corrected chi connectivity index (χ4v) is 1.52. The maximum atomic E-state index is 12.7. The molecule has 1 rings (SSSR count). The number of nitrogens with zero attached hydrogens (tertiary/aromatic N) is 1. The highest BCUT2D eigenvalue weighted by atomic mass is 19.4. The SMILES string of the molecule is O=CN(C=O)CC(=O)Cc1ccccc1C(F)(F)F. The van der Waals surface area contributed by atoms with E-state index in [1.165, 1.54) is 18.2 Å². The third-order valence-corrected chi connectivity index (χ3v) is 2.34. The fourth-order valence-electron chi connectivity index (χ4n) is 1.52. The number of carbonyl (C=O) groups excluding carboxylic acids is 3. The molecule has 1 aromatic rings. The summed E-state index contributed by atoms with van der Waals surface area (Å²) >= 11 is 0. The van der Waals surface area contributed by atoms with Gasteiger partial charge in [0.2, 0.25) is 12.8 Å². The van der Waals surface area contributed by atoms with Crippen LogP contribution in [0.4, 0.5) is 13.2 Å². The number of amides is 2. The highest BCUT2D eigenvalue weighted by molar-refractivity contribution is 5.87. The summed E-state index contributed by atoms with van der Waals surface area (Å²) in [6.07, 6.45) is -4.76. The van der Waals surface area contributed by atoms with E-state index >= 15 is 0 Å². The van der Waals surface area contributed by atoms with E-state index in [2.05, 4.69) is 0 Å². The van der Waals surface area contributed by atoms with Gasteiger partial charge in [0.25, 0.3) is 0 Å². The van der Waals surface area contributed by atoms with Gasteiger partial charge in [-0.2, -0.15) is 13.2 Å². The summed E-state index contributed by atoms with van der Waals surface area (Å²) < 4.78 is 38.0. The molecule has 1 aromatic carbocycles. The minimum Gasteiger partial charge on any atom is -0.297 e. The number of halogens is 3. The molecule has 0 aliphatic rings. The van der Waals surface area contributed by atoms with Gasteiger partial charge in [-0.3, -0.25) is 19.3 Å². The average Bonchev–Trinajstić information content (AvgIpc) is 2.35. The minimum atomic E-state index is -4.55. The molecule has 0 N–H and O–H groups in total. The van der Waals surface area contributed by atoms with Crippen molar-refractivity contribution in [2.45, 2.75) is 12.6 Å². The van der Waals surface area contributed by atoms with Crippen molar-refractivity contribution in [3.05, 3.63) is 35.4 Å². The zero-order valence-corrected chi connectivity index (χ0v) is 9.68. The van der Waals surface area contributed by atoms with Crippen molar-refractivity contribution in [1.29, 1.82) is 0 Å². The minimum absolute atomic E-state index is 0.139. The third-order valence-electron chi connectivity index (χ3n) is 2.34. The van der Waals surface area contributed by atoms with Crippen molar-refractivity contribution in [3.8, 4) is 0 Å². The maximum absolute atomic E-state index is 12.7. The van der Waals surface area contributed by atoms with Crippen LogP contribution in [0.25, 0.3) is 0 Å². The van der Waals surface area contributed by atoms with Crippen molar-refractivity contribution in [1.82, 2.24) is 4.90 Å². The molecule has 19 heavy (non-hydrogen) atoms. The molecule has 0 aliphatic heterocycles. The molecule has 0 aliphatic carbocycles. The quantitative estimate of drug-likeness (QED) is 0.737. The lowest BCUT2D eigenvalue weighted by atomic mass is 10.0. The van der Waals surface area contributed by atoms with E-state index in [-0.39, 0.29) is 18.4 Å². The first-order valence-corrected chi connectivity index (χ1v) is 5.21. The van der Waals surface area contributed by atoms with Crippen molar-refractivity contribution >= 4 is 18.6 Å². The van der Waals surface area contributed by atoms with E-state index in [9.17, 15) is 27.6 Å². The Morgan fingerprint density at radius 3 is 2.26 bits per heavy atom. The summed E-state index contributed by atoms with van der Waals surface area (Å²) in [4.78, 5) is 32.6. The molecule has 0 spiro atoms. The molecule has 0 heterocycles. The van der Waals surface area contributed by atoms with Crippen LogP contribution in [0.15, 0.2) is 24.3 Å². The predicted octanol–water partition coefficient (Wildman–Crippen LogP) is 1.43. The Morgan fingerprint density at radius 1 is 1.16 bits per heavy atom. The van der Waals surface area contributed by atoms with Gasteiger partial charge in [0, 0.05) is 6.42 Å². The Hall–Kier alpha value is -2.18. The van der Waals surface area contributed by atoms with Gasteiger partial charge in [0.15, 0.2) is 5.78 Å². The molecule has 102 valence electrons. The monoisotopic (exact) mass is 273 g/mol. The van der Waals surface area contributed by atoms with Gasteiger partial charge in [0.1, 0.15) is 0 Å². The Bertz CT molecular complexity index is 477. The first-order valence-electron chi connectivity index (χ1n) is 5.21. The molecule has 0 unspecified atom stereocenters. The molecule has 0 saturated heterocycles. The standard InChI is InChI=1S/C12H10F3NO3/c13-12(14,15)11-4-2-1-3-9(11)5-10(19)6-16(7-17)8-18/h1-4,7-8H,5-6H2. The number of hydrogen-bond acceptors (Lipinski definition) is 3. The van der Waals surface area contributed by atoms with Crippen LogP contribution in [0, 0.1) is 0 Å². The van der Waals surface area contributed by atoms with Crippen LogP contribution in [0.5, 0.6) is 0 Å². The van der Waals surface area contributed by atoms with Crippen molar-refractivity contribution < 1.29 is 27.6 Å². The second-order valence-corrected chi connectivity index (χ2v) is 3.75. The molecule has 0 saturated carbocycles. The van der Waals surface area contributed by atoms with Gasteiger partial charge in [-0.15, -0.1) is 0 Å². The van der Waals surface area contributed by atoms with Gasteiger partial charge in [-0.25, -0.2) is 0 Å². The van der Waals surface area contributed by atoms with Crippen LogP contribution in [0.1, 0.15) is 11.1 Å². The summed E-state index contributed by atoms with van der Waals surface area (Å²) in [5, 5.41) is 0. The Balaban J connectivity index is 2.85. The smallest absolute Gasteiger partial charge is 0.297 e. The number of rotatable bonds is 6. The maximum Gasteiger partial charge on any atom is 0.416 e. The molecular weight excluding hydrogens is 263 g/mol. The number of Topliss-reactive ketones (excluding diaryl/α,β-unsaturated/α-hetero) is 1. The summed E-state index contributed by atoms with van der Waals surface area (Å²) in [7, 11) is 0. The van der Waals surface area contributed by atoms with Crippen LogP contribution >= 0.6 is 0 Å². The predicted molar refractivity (Wildman–Crippen MR) is 59.0 cm³/mol. The van der Waals surface area contributed by atoms with Gasteiger partial charge in [0.05, 0.1) is 12.1 Å². The van der Waals surface area contributed by atoms with Crippen molar-refractivity contribution in [2.24, 2.45) is 0 Å². The highest BCUT2D eigenvalue weighted by Gasteiger charge is 2.33. The molecule has 0 fully saturated rings. The normalized spacial score (nSPS) is 10.9. The van der Waals surface area contributed by atoms with Gasteiger partial charge in [-0.05, 0) is 11.6 Å². The zero-order chi connectivity index (χ0) is 14.5. The number of imide groups is 1.